The monoisotopic (exact) mass is 540 g/mol. The molecule has 0 bridgehead atoms. The lowest BCUT2D eigenvalue weighted by atomic mass is 9.74. The molecule has 5 heteroatoms. The van der Waals surface area contributed by atoms with Crippen molar-refractivity contribution in [1.82, 2.24) is 0 Å². The number of rotatable bonds is 5. The van der Waals surface area contributed by atoms with Gasteiger partial charge in [-0.3, -0.25) is 0 Å². The second-order valence-corrected chi connectivity index (χ2v) is 10.0. The number of allylic oxidation sites excluding steroid dienone is 1. The van der Waals surface area contributed by atoms with Gasteiger partial charge in [0.05, 0.1) is 0 Å². The molecular formula is C31H25BrO4. The van der Waals surface area contributed by atoms with Crippen LogP contribution < -0.4 is 14.2 Å². The third-order valence-corrected chi connectivity index (χ3v) is 7.37. The topological polar surface area (TPSA) is 47.9 Å². The fourth-order valence-corrected chi connectivity index (χ4v) is 5.52. The Kier molecular flexibility index (Phi) is 6.16. The third-order valence-electron chi connectivity index (χ3n) is 6.87. The predicted molar refractivity (Wildman–Crippen MR) is 144 cm³/mol. The largest absolute Gasteiger partial charge is 0.508 e. The average Bonchev–Trinajstić information content (AvgIpc) is 3.37. The summed E-state index contributed by atoms with van der Waals surface area (Å²) in [4.78, 5) is 0. The Labute approximate surface area is 218 Å². The second-order valence-electron chi connectivity index (χ2n) is 9.13. The molecule has 0 amide bonds. The van der Waals surface area contributed by atoms with Gasteiger partial charge in [-0.05, 0) is 41.8 Å². The van der Waals surface area contributed by atoms with Gasteiger partial charge >= 0.3 is 0 Å². The fraction of sp³-hybridized carbons (Fsp3) is 0.161. The Hall–Kier alpha value is -3.70. The first kappa shape index (κ1) is 22.7. The summed E-state index contributed by atoms with van der Waals surface area (Å²) >= 11 is 3.58. The Balaban J connectivity index is 1.51. The van der Waals surface area contributed by atoms with Gasteiger partial charge < -0.3 is 19.3 Å². The van der Waals surface area contributed by atoms with E-state index in [9.17, 15) is 5.11 Å². The van der Waals surface area contributed by atoms with E-state index in [-0.39, 0.29) is 30.5 Å². The molecule has 2 heterocycles. The molecule has 4 aromatic carbocycles. The normalized spacial score (nSPS) is 20.2. The number of benzene rings is 4. The molecule has 0 spiro atoms. The summed E-state index contributed by atoms with van der Waals surface area (Å²) in [5.41, 5.74) is 4.16. The zero-order chi connectivity index (χ0) is 24.5. The van der Waals surface area contributed by atoms with E-state index < -0.39 is 0 Å². The summed E-state index contributed by atoms with van der Waals surface area (Å²) in [6, 6.07) is 30.2. The van der Waals surface area contributed by atoms with Crippen molar-refractivity contribution in [2.24, 2.45) is 5.92 Å². The smallest absolute Gasteiger partial charge is 0.231 e. The minimum absolute atomic E-state index is 0.00652. The molecule has 0 aliphatic carbocycles. The molecule has 0 radical (unpaired) electrons. The van der Waals surface area contributed by atoms with Gasteiger partial charge in [0, 0.05) is 33.5 Å². The van der Waals surface area contributed by atoms with Gasteiger partial charge in [-0.15, -0.1) is 0 Å². The van der Waals surface area contributed by atoms with Crippen LogP contribution in [0, 0.1) is 5.92 Å². The summed E-state index contributed by atoms with van der Waals surface area (Å²) in [5.74, 6) is 2.40. The van der Waals surface area contributed by atoms with Crippen LogP contribution in [0.3, 0.4) is 0 Å². The minimum Gasteiger partial charge on any atom is -0.508 e. The zero-order valence-corrected chi connectivity index (χ0v) is 21.1. The quantitative estimate of drug-likeness (QED) is 0.282. The summed E-state index contributed by atoms with van der Waals surface area (Å²) < 4.78 is 19.0. The first-order valence-corrected chi connectivity index (χ1v) is 12.8. The van der Waals surface area contributed by atoms with Crippen LogP contribution in [0.25, 0.3) is 6.08 Å². The van der Waals surface area contributed by atoms with Crippen molar-refractivity contribution in [3.8, 4) is 23.0 Å². The number of hydrogen-bond acceptors (Lipinski definition) is 4. The summed E-state index contributed by atoms with van der Waals surface area (Å²) in [6.45, 7) is 0.200. The average molecular weight is 541 g/mol. The van der Waals surface area contributed by atoms with Crippen molar-refractivity contribution < 1.29 is 19.3 Å². The number of halogens is 1. The van der Waals surface area contributed by atoms with Crippen LogP contribution in [0.1, 0.15) is 34.3 Å². The first-order chi connectivity index (χ1) is 17.7. The van der Waals surface area contributed by atoms with E-state index in [1.807, 2.05) is 48.5 Å². The Morgan fingerprint density at radius 2 is 1.53 bits per heavy atom. The zero-order valence-electron chi connectivity index (χ0n) is 19.5. The van der Waals surface area contributed by atoms with E-state index in [1.54, 1.807) is 6.07 Å². The SMILES string of the molecule is Oc1ccc(Br)cc1[C@H]1Oc2cc3c(cc2[C@@H](/C=C/c2ccccc2)[C@@H]1Cc1ccccc1)OCO3. The summed E-state index contributed by atoms with van der Waals surface area (Å²) in [6.07, 6.45) is 4.82. The van der Waals surface area contributed by atoms with E-state index in [1.165, 1.54) is 5.56 Å². The predicted octanol–water partition coefficient (Wildman–Crippen LogP) is 7.67. The van der Waals surface area contributed by atoms with Crippen LogP contribution in [0.5, 0.6) is 23.0 Å². The molecule has 1 N–H and O–H groups in total. The van der Waals surface area contributed by atoms with Crippen molar-refractivity contribution >= 4 is 22.0 Å². The van der Waals surface area contributed by atoms with Crippen molar-refractivity contribution in [1.29, 1.82) is 0 Å². The first-order valence-electron chi connectivity index (χ1n) is 12.0. The highest BCUT2D eigenvalue weighted by molar-refractivity contribution is 9.10. The van der Waals surface area contributed by atoms with Crippen LogP contribution in [0.15, 0.2) is 102 Å². The Morgan fingerprint density at radius 1 is 0.806 bits per heavy atom. The van der Waals surface area contributed by atoms with E-state index >= 15 is 0 Å². The fourth-order valence-electron chi connectivity index (χ4n) is 5.14. The number of aromatic hydroxyl groups is 1. The molecule has 6 rings (SSSR count). The van der Waals surface area contributed by atoms with Crippen molar-refractivity contribution in [2.75, 3.05) is 6.79 Å². The van der Waals surface area contributed by atoms with Crippen LogP contribution in [0.2, 0.25) is 0 Å². The minimum atomic E-state index is -0.374. The Morgan fingerprint density at radius 3 is 2.31 bits per heavy atom. The summed E-state index contributed by atoms with van der Waals surface area (Å²) in [7, 11) is 0. The number of ether oxygens (including phenoxy) is 3. The Bertz CT molecular complexity index is 1400. The number of fused-ring (bicyclic) bond motifs is 2. The molecule has 2 aliphatic heterocycles. The molecule has 0 saturated heterocycles. The lowest BCUT2D eigenvalue weighted by molar-refractivity contribution is 0.0995. The van der Waals surface area contributed by atoms with Crippen LogP contribution >= 0.6 is 15.9 Å². The lowest BCUT2D eigenvalue weighted by Crippen LogP contribution is -2.31. The molecule has 3 atom stereocenters. The van der Waals surface area contributed by atoms with Gasteiger partial charge in [-0.2, -0.15) is 0 Å². The number of phenolic OH excluding ortho intramolecular Hbond substituents is 1. The molecule has 36 heavy (non-hydrogen) atoms. The van der Waals surface area contributed by atoms with E-state index in [0.717, 1.165) is 39.1 Å². The highest BCUT2D eigenvalue weighted by Gasteiger charge is 2.40. The molecule has 180 valence electrons. The van der Waals surface area contributed by atoms with E-state index in [4.69, 9.17) is 14.2 Å². The lowest BCUT2D eigenvalue weighted by Gasteiger charge is -2.39. The molecule has 4 nitrogen and oxygen atoms in total. The maximum Gasteiger partial charge on any atom is 0.231 e. The third kappa shape index (κ3) is 4.47. The molecule has 0 fully saturated rings. The van der Waals surface area contributed by atoms with Gasteiger partial charge in [0.25, 0.3) is 0 Å². The van der Waals surface area contributed by atoms with Gasteiger partial charge in [0.2, 0.25) is 6.79 Å². The molecule has 2 aliphatic rings. The van der Waals surface area contributed by atoms with Gasteiger partial charge in [-0.1, -0.05) is 88.7 Å². The van der Waals surface area contributed by atoms with Crippen LogP contribution in [0.4, 0.5) is 0 Å². The van der Waals surface area contributed by atoms with Crippen molar-refractivity contribution in [3.05, 3.63) is 124 Å². The highest BCUT2D eigenvalue weighted by Crippen LogP contribution is 2.53. The maximum atomic E-state index is 10.9. The molecule has 0 aromatic heterocycles. The maximum absolute atomic E-state index is 10.9. The van der Waals surface area contributed by atoms with Gasteiger partial charge in [-0.25, -0.2) is 0 Å². The number of hydrogen-bond donors (Lipinski definition) is 1. The molecular weight excluding hydrogens is 516 g/mol. The van der Waals surface area contributed by atoms with Gasteiger partial charge in [0.15, 0.2) is 11.5 Å². The highest BCUT2D eigenvalue weighted by atomic mass is 79.9. The molecule has 0 saturated carbocycles. The van der Waals surface area contributed by atoms with Crippen LogP contribution in [-0.2, 0) is 6.42 Å². The molecule has 0 unspecified atom stereocenters. The van der Waals surface area contributed by atoms with E-state index in [2.05, 4.69) is 64.5 Å². The van der Waals surface area contributed by atoms with Crippen molar-refractivity contribution in [2.45, 2.75) is 18.4 Å². The molecule has 4 aromatic rings. The standard InChI is InChI=1S/C31H25BrO4/c32-22-12-14-27(33)26(16-22)31-25(15-21-9-5-2-6-10-21)23(13-11-20-7-3-1-4-8-20)24-17-29-30(35-19-34-29)18-28(24)36-31/h1-14,16-18,23,25,31,33H,15,19H2/b13-11+/t23-,25+,31+/m1/s1. The van der Waals surface area contributed by atoms with E-state index in [0.29, 0.717) is 5.75 Å². The van der Waals surface area contributed by atoms with Crippen molar-refractivity contribution in [3.63, 3.8) is 0 Å². The number of phenols is 1. The summed E-state index contributed by atoms with van der Waals surface area (Å²) in [5, 5.41) is 10.9. The van der Waals surface area contributed by atoms with Crippen LogP contribution in [-0.4, -0.2) is 11.9 Å². The van der Waals surface area contributed by atoms with Gasteiger partial charge in [0.1, 0.15) is 17.6 Å². The second kappa shape index (κ2) is 9.75.